The monoisotopic (exact) mass is 405 g/mol. The molecule has 0 unspecified atom stereocenters. The number of nitrogens with one attached hydrogen (secondary N) is 1. The summed E-state index contributed by atoms with van der Waals surface area (Å²) in [6.07, 6.45) is 0. The summed E-state index contributed by atoms with van der Waals surface area (Å²) in [6, 6.07) is 15.3. The molecule has 0 bridgehead atoms. The van der Waals surface area contributed by atoms with E-state index < -0.39 is 0 Å². The lowest BCUT2D eigenvalue weighted by Gasteiger charge is -2.12. The Morgan fingerprint density at radius 2 is 1.79 bits per heavy atom. The van der Waals surface area contributed by atoms with E-state index in [1.165, 1.54) is 0 Å². The summed E-state index contributed by atoms with van der Waals surface area (Å²) >= 11 is 1.58. The Kier molecular flexibility index (Phi) is 5.09. The van der Waals surface area contributed by atoms with E-state index in [4.69, 9.17) is 4.74 Å². The van der Waals surface area contributed by atoms with Crippen molar-refractivity contribution in [1.82, 2.24) is 19.7 Å². The summed E-state index contributed by atoms with van der Waals surface area (Å²) in [4.78, 5) is 22.6. The van der Waals surface area contributed by atoms with Crippen LogP contribution in [0.3, 0.4) is 0 Å². The van der Waals surface area contributed by atoms with Crippen LogP contribution in [0.4, 0.5) is 5.69 Å². The lowest BCUT2D eigenvalue weighted by molar-refractivity contribution is 0.101. The molecule has 3 heterocycles. The van der Waals surface area contributed by atoms with Crippen LogP contribution in [-0.2, 0) is 7.05 Å². The number of amides is 1. The van der Waals surface area contributed by atoms with Gasteiger partial charge in [0.05, 0.1) is 22.0 Å². The van der Waals surface area contributed by atoms with Crippen molar-refractivity contribution in [2.45, 2.75) is 13.8 Å². The van der Waals surface area contributed by atoms with Crippen LogP contribution in [-0.4, -0.2) is 25.7 Å². The molecule has 0 atom stereocenters. The molecule has 1 N–H and O–H groups in total. The quantitative estimate of drug-likeness (QED) is 0.525. The maximum Gasteiger partial charge on any atom is 0.322 e. The van der Waals surface area contributed by atoms with Gasteiger partial charge in [-0.05, 0) is 43.5 Å². The van der Waals surface area contributed by atoms with E-state index >= 15 is 0 Å². The minimum Gasteiger partial charge on any atom is -0.424 e. The van der Waals surface area contributed by atoms with Crippen LogP contribution in [0.15, 0.2) is 53.9 Å². The van der Waals surface area contributed by atoms with Crippen molar-refractivity contribution in [2.75, 3.05) is 5.32 Å². The molecule has 7 nitrogen and oxygen atoms in total. The number of nitrogens with zero attached hydrogens (tertiary/aromatic N) is 4. The average Bonchev–Trinajstić information content (AvgIpc) is 3.35. The molecule has 0 aliphatic rings. The van der Waals surface area contributed by atoms with E-state index in [0.29, 0.717) is 28.5 Å². The van der Waals surface area contributed by atoms with Crippen LogP contribution in [0.5, 0.6) is 11.8 Å². The molecule has 146 valence electrons. The van der Waals surface area contributed by atoms with Gasteiger partial charge in [0.25, 0.3) is 5.91 Å². The number of aromatic nitrogens is 4. The molecule has 0 aliphatic carbocycles. The molecule has 0 spiro atoms. The zero-order valence-corrected chi connectivity index (χ0v) is 17.0. The van der Waals surface area contributed by atoms with Gasteiger partial charge < -0.3 is 10.1 Å². The lowest BCUT2D eigenvalue weighted by Crippen LogP contribution is -2.18. The van der Waals surface area contributed by atoms with Crippen molar-refractivity contribution in [1.29, 1.82) is 0 Å². The number of benzene rings is 1. The number of ether oxygens (including phenoxy) is 1. The van der Waals surface area contributed by atoms with Crippen LogP contribution in [0.25, 0.3) is 10.6 Å². The van der Waals surface area contributed by atoms with Crippen LogP contribution < -0.4 is 10.1 Å². The Bertz CT molecular complexity index is 1130. The van der Waals surface area contributed by atoms with Crippen molar-refractivity contribution in [3.05, 3.63) is 71.0 Å². The molecule has 0 fully saturated rings. The summed E-state index contributed by atoms with van der Waals surface area (Å²) in [5.41, 5.74) is 3.03. The molecule has 4 rings (SSSR count). The topological polar surface area (TPSA) is 81.9 Å². The van der Waals surface area contributed by atoms with Crippen LogP contribution >= 0.6 is 11.3 Å². The second kappa shape index (κ2) is 7.84. The zero-order valence-electron chi connectivity index (χ0n) is 16.2. The second-order valence-electron chi connectivity index (χ2n) is 6.44. The molecule has 29 heavy (non-hydrogen) atoms. The fraction of sp³-hybridized carbons (Fsp3) is 0.143. The van der Waals surface area contributed by atoms with Crippen molar-refractivity contribution < 1.29 is 9.53 Å². The van der Waals surface area contributed by atoms with Crippen LogP contribution in [0, 0.1) is 13.8 Å². The normalized spacial score (nSPS) is 10.7. The average molecular weight is 405 g/mol. The van der Waals surface area contributed by atoms with E-state index in [2.05, 4.69) is 20.4 Å². The van der Waals surface area contributed by atoms with Gasteiger partial charge in [-0.25, -0.2) is 0 Å². The van der Waals surface area contributed by atoms with Gasteiger partial charge in [0.1, 0.15) is 17.1 Å². The molecular weight excluding hydrogens is 386 g/mol. The summed E-state index contributed by atoms with van der Waals surface area (Å²) in [5.74, 6) is 0.383. The largest absolute Gasteiger partial charge is 0.424 e. The van der Waals surface area contributed by atoms with Crippen molar-refractivity contribution in [3.63, 3.8) is 0 Å². The Balaban J connectivity index is 1.56. The van der Waals surface area contributed by atoms with Gasteiger partial charge in [-0.3, -0.25) is 9.48 Å². The van der Waals surface area contributed by atoms with E-state index in [1.54, 1.807) is 29.1 Å². The molecule has 0 aliphatic heterocycles. The van der Waals surface area contributed by atoms with Gasteiger partial charge in [0.2, 0.25) is 0 Å². The number of anilines is 1. The highest BCUT2D eigenvalue weighted by Gasteiger charge is 2.18. The minimum absolute atomic E-state index is 0.240. The highest BCUT2D eigenvalue weighted by atomic mass is 32.1. The van der Waals surface area contributed by atoms with Gasteiger partial charge in [0, 0.05) is 7.05 Å². The zero-order chi connectivity index (χ0) is 20.4. The number of carbonyl (C=O) groups is 1. The number of hydrogen-bond donors (Lipinski definition) is 1. The number of para-hydroxylation sites is 1. The maximum atomic E-state index is 12.8. The molecule has 0 saturated carbocycles. The summed E-state index contributed by atoms with van der Waals surface area (Å²) in [5, 5.41) is 9.32. The third-order valence-corrected chi connectivity index (χ3v) is 5.22. The van der Waals surface area contributed by atoms with Crippen molar-refractivity contribution in [2.24, 2.45) is 7.05 Å². The fourth-order valence-corrected chi connectivity index (χ4v) is 3.59. The lowest BCUT2D eigenvalue weighted by atomic mass is 10.2. The fourth-order valence-electron chi connectivity index (χ4n) is 2.91. The molecule has 8 heteroatoms. The summed E-state index contributed by atoms with van der Waals surface area (Å²) in [6.45, 7) is 3.62. The first-order valence-electron chi connectivity index (χ1n) is 8.98. The molecule has 0 saturated heterocycles. The van der Waals surface area contributed by atoms with E-state index in [9.17, 15) is 4.79 Å². The molecule has 3 aromatic heterocycles. The highest BCUT2D eigenvalue weighted by Crippen LogP contribution is 2.26. The number of thiophene rings is 1. The number of rotatable bonds is 5. The van der Waals surface area contributed by atoms with Gasteiger partial charge >= 0.3 is 6.01 Å². The van der Waals surface area contributed by atoms with Crippen molar-refractivity contribution in [3.8, 4) is 22.3 Å². The van der Waals surface area contributed by atoms with Crippen LogP contribution in [0.1, 0.15) is 21.9 Å². The molecule has 4 aromatic rings. The van der Waals surface area contributed by atoms with Gasteiger partial charge in [-0.2, -0.15) is 15.1 Å². The van der Waals surface area contributed by atoms with Gasteiger partial charge in [-0.1, -0.05) is 24.3 Å². The van der Waals surface area contributed by atoms with E-state index in [0.717, 1.165) is 10.6 Å². The Labute approximate surface area is 172 Å². The van der Waals surface area contributed by atoms with E-state index in [-0.39, 0.29) is 11.9 Å². The Morgan fingerprint density at radius 3 is 2.45 bits per heavy atom. The van der Waals surface area contributed by atoms with Crippen LogP contribution in [0.2, 0.25) is 0 Å². The first-order valence-corrected chi connectivity index (χ1v) is 9.86. The molecule has 1 aromatic carbocycles. The SMILES string of the molecule is Cc1nc(Oc2ccccc2)nc(C)c1NC(=O)c1cc(-c2cccs2)nn1C. The molecule has 1 amide bonds. The predicted molar refractivity (Wildman–Crippen MR) is 112 cm³/mol. The van der Waals surface area contributed by atoms with Gasteiger partial charge in [0.15, 0.2) is 0 Å². The number of hydrogen-bond acceptors (Lipinski definition) is 6. The molecule has 0 radical (unpaired) electrons. The predicted octanol–water partition coefficient (Wildman–Crippen LogP) is 4.60. The number of aryl methyl sites for hydroxylation is 3. The smallest absolute Gasteiger partial charge is 0.322 e. The summed E-state index contributed by atoms with van der Waals surface area (Å²) in [7, 11) is 1.75. The third-order valence-electron chi connectivity index (χ3n) is 4.33. The third kappa shape index (κ3) is 4.02. The highest BCUT2D eigenvalue weighted by molar-refractivity contribution is 7.13. The molecular formula is C21H19N5O2S. The number of carbonyl (C=O) groups excluding carboxylic acids is 1. The first-order chi connectivity index (χ1) is 14.0. The van der Waals surface area contributed by atoms with E-state index in [1.807, 2.05) is 61.7 Å². The Hall–Kier alpha value is -3.52. The van der Waals surface area contributed by atoms with Crippen molar-refractivity contribution >= 4 is 22.9 Å². The minimum atomic E-state index is -0.269. The Morgan fingerprint density at radius 1 is 1.07 bits per heavy atom. The first kappa shape index (κ1) is 18.8. The maximum absolute atomic E-state index is 12.8. The van der Waals surface area contributed by atoms with Gasteiger partial charge in [-0.15, -0.1) is 11.3 Å². The second-order valence-corrected chi connectivity index (χ2v) is 7.38. The standard InChI is InChI=1S/C21H19N5O2S/c1-13-19(14(2)23-21(22-13)28-15-8-5-4-6-9-15)24-20(27)17-12-16(25-26(17)3)18-10-7-11-29-18/h4-12H,1-3H3,(H,24,27). The summed E-state index contributed by atoms with van der Waals surface area (Å²) < 4.78 is 7.27.